The summed E-state index contributed by atoms with van der Waals surface area (Å²) in [6, 6.07) is 16.6. The zero-order chi connectivity index (χ0) is 13.9. The summed E-state index contributed by atoms with van der Waals surface area (Å²) >= 11 is 0. The molecule has 20 heavy (non-hydrogen) atoms. The minimum absolute atomic E-state index is 0.579. The summed E-state index contributed by atoms with van der Waals surface area (Å²) < 4.78 is 0. The van der Waals surface area contributed by atoms with E-state index in [-0.39, 0.29) is 0 Å². The van der Waals surface area contributed by atoms with Gasteiger partial charge in [-0.3, -0.25) is 4.90 Å². The fraction of sp³-hybridized carbons (Fsp3) is 0.444. The summed E-state index contributed by atoms with van der Waals surface area (Å²) in [5.41, 5.74) is 1.45. The molecule has 0 saturated carbocycles. The molecule has 2 unspecified atom stereocenters. The van der Waals surface area contributed by atoms with Crippen molar-refractivity contribution in [3.8, 4) is 0 Å². The van der Waals surface area contributed by atoms with E-state index in [0.717, 1.165) is 19.6 Å². The van der Waals surface area contributed by atoms with Crippen LogP contribution in [0.5, 0.6) is 0 Å². The molecule has 0 bridgehead atoms. The highest BCUT2D eigenvalue weighted by atomic mass is 15.2. The Kier molecular flexibility index (Phi) is 4.04. The molecule has 0 spiro atoms. The van der Waals surface area contributed by atoms with Crippen LogP contribution in [0.25, 0.3) is 10.8 Å². The Morgan fingerprint density at radius 3 is 2.80 bits per heavy atom. The lowest BCUT2D eigenvalue weighted by atomic mass is 10.0. The van der Waals surface area contributed by atoms with E-state index in [2.05, 4.69) is 66.5 Å². The third-order valence-corrected chi connectivity index (χ3v) is 4.44. The van der Waals surface area contributed by atoms with Gasteiger partial charge in [0, 0.05) is 25.2 Å². The Morgan fingerprint density at radius 2 is 1.90 bits per heavy atom. The zero-order valence-corrected chi connectivity index (χ0v) is 12.5. The van der Waals surface area contributed by atoms with Gasteiger partial charge >= 0.3 is 0 Å². The Labute approximate surface area is 121 Å². The average Bonchev–Trinajstić information content (AvgIpc) is 2.61. The summed E-state index contributed by atoms with van der Waals surface area (Å²) in [5, 5.41) is 6.33. The van der Waals surface area contributed by atoms with Gasteiger partial charge in [0.1, 0.15) is 0 Å². The first-order valence-electron chi connectivity index (χ1n) is 7.68. The molecule has 3 rings (SSSR count). The van der Waals surface area contributed by atoms with Crippen molar-refractivity contribution >= 4 is 10.8 Å². The molecular weight excluding hydrogens is 244 g/mol. The summed E-state index contributed by atoms with van der Waals surface area (Å²) in [5.74, 6) is 0. The van der Waals surface area contributed by atoms with Crippen LogP contribution in [0, 0.1) is 0 Å². The molecule has 106 valence electrons. The van der Waals surface area contributed by atoms with Crippen LogP contribution < -0.4 is 5.32 Å². The van der Waals surface area contributed by atoms with Crippen LogP contribution >= 0.6 is 0 Å². The first kappa shape index (κ1) is 13.6. The molecule has 0 amide bonds. The first-order chi connectivity index (χ1) is 9.74. The van der Waals surface area contributed by atoms with Crippen LogP contribution in [0.2, 0.25) is 0 Å². The van der Waals surface area contributed by atoms with E-state index >= 15 is 0 Å². The van der Waals surface area contributed by atoms with Gasteiger partial charge in [0.2, 0.25) is 0 Å². The van der Waals surface area contributed by atoms with Crippen molar-refractivity contribution in [3.05, 3.63) is 48.0 Å². The molecule has 0 aliphatic carbocycles. The number of hydrogen-bond acceptors (Lipinski definition) is 2. The summed E-state index contributed by atoms with van der Waals surface area (Å²) in [6.07, 6.45) is 1.23. The van der Waals surface area contributed by atoms with Gasteiger partial charge < -0.3 is 5.32 Å². The SMILES string of the molecule is CC1CN(Cc2cccc3ccccc23)C(C)CCN1. The molecule has 1 heterocycles. The molecule has 2 nitrogen and oxygen atoms in total. The maximum absolute atomic E-state index is 3.59. The Hall–Kier alpha value is -1.38. The lowest BCUT2D eigenvalue weighted by molar-refractivity contribution is 0.199. The minimum Gasteiger partial charge on any atom is -0.313 e. The van der Waals surface area contributed by atoms with Crippen molar-refractivity contribution in [2.75, 3.05) is 13.1 Å². The molecule has 2 aromatic carbocycles. The largest absolute Gasteiger partial charge is 0.313 e. The lowest BCUT2D eigenvalue weighted by Crippen LogP contribution is -2.38. The van der Waals surface area contributed by atoms with E-state index < -0.39 is 0 Å². The molecule has 1 aliphatic rings. The maximum Gasteiger partial charge on any atom is 0.0243 e. The van der Waals surface area contributed by atoms with Crippen LogP contribution in [0.3, 0.4) is 0 Å². The van der Waals surface area contributed by atoms with Gasteiger partial charge in [0.05, 0.1) is 0 Å². The molecule has 1 fully saturated rings. The van der Waals surface area contributed by atoms with E-state index in [4.69, 9.17) is 0 Å². The molecule has 2 heteroatoms. The number of nitrogens with zero attached hydrogens (tertiary/aromatic N) is 1. The molecule has 1 saturated heterocycles. The lowest BCUT2D eigenvalue weighted by Gasteiger charge is -2.28. The Morgan fingerprint density at radius 1 is 1.10 bits per heavy atom. The third kappa shape index (κ3) is 2.87. The van der Waals surface area contributed by atoms with Gasteiger partial charge in [-0.25, -0.2) is 0 Å². The number of nitrogens with one attached hydrogen (secondary N) is 1. The third-order valence-electron chi connectivity index (χ3n) is 4.44. The van der Waals surface area contributed by atoms with E-state index in [1.54, 1.807) is 0 Å². The minimum atomic E-state index is 0.579. The van der Waals surface area contributed by atoms with Crippen LogP contribution in [0.15, 0.2) is 42.5 Å². The monoisotopic (exact) mass is 268 g/mol. The van der Waals surface area contributed by atoms with Crippen molar-refractivity contribution in [2.45, 2.75) is 38.9 Å². The number of rotatable bonds is 2. The van der Waals surface area contributed by atoms with Gasteiger partial charge in [-0.15, -0.1) is 0 Å². The fourth-order valence-electron chi connectivity index (χ4n) is 3.19. The van der Waals surface area contributed by atoms with Crippen LogP contribution in [0.4, 0.5) is 0 Å². The maximum atomic E-state index is 3.59. The predicted molar refractivity (Wildman–Crippen MR) is 85.9 cm³/mol. The number of fused-ring (bicyclic) bond motifs is 1. The smallest absolute Gasteiger partial charge is 0.0243 e. The van der Waals surface area contributed by atoms with Gasteiger partial charge in [0.25, 0.3) is 0 Å². The second-order valence-electron chi connectivity index (χ2n) is 6.06. The van der Waals surface area contributed by atoms with Crippen molar-refractivity contribution in [2.24, 2.45) is 0 Å². The molecule has 1 N–H and O–H groups in total. The van der Waals surface area contributed by atoms with Gasteiger partial charge in [-0.05, 0) is 43.1 Å². The quantitative estimate of drug-likeness (QED) is 0.898. The molecular formula is C18H24N2. The summed E-state index contributed by atoms with van der Waals surface area (Å²) in [6.45, 7) is 7.95. The van der Waals surface area contributed by atoms with E-state index in [9.17, 15) is 0 Å². The summed E-state index contributed by atoms with van der Waals surface area (Å²) in [4.78, 5) is 2.62. The van der Waals surface area contributed by atoms with Crippen molar-refractivity contribution in [1.82, 2.24) is 10.2 Å². The fourth-order valence-corrected chi connectivity index (χ4v) is 3.19. The van der Waals surface area contributed by atoms with Crippen LogP contribution in [-0.2, 0) is 6.54 Å². The first-order valence-corrected chi connectivity index (χ1v) is 7.68. The van der Waals surface area contributed by atoms with Crippen molar-refractivity contribution < 1.29 is 0 Å². The topological polar surface area (TPSA) is 15.3 Å². The Bertz CT molecular complexity index is 573. The van der Waals surface area contributed by atoms with Gasteiger partial charge in [-0.2, -0.15) is 0 Å². The molecule has 2 atom stereocenters. The van der Waals surface area contributed by atoms with E-state index in [1.807, 2.05) is 0 Å². The molecule has 0 aromatic heterocycles. The second kappa shape index (κ2) is 5.94. The van der Waals surface area contributed by atoms with Crippen molar-refractivity contribution in [1.29, 1.82) is 0 Å². The highest BCUT2D eigenvalue weighted by molar-refractivity contribution is 5.85. The van der Waals surface area contributed by atoms with E-state index in [1.165, 1.54) is 22.8 Å². The highest BCUT2D eigenvalue weighted by Crippen LogP contribution is 2.22. The standard InChI is InChI=1S/C18H24N2/c1-14-12-20(15(2)10-11-19-14)13-17-8-5-7-16-6-3-4-9-18(16)17/h3-9,14-15,19H,10-13H2,1-2H3. The number of benzene rings is 2. The zero-order valence-electron chi connectivity index (χ0n) is 12.5. The van der Waals surface area contributed by atoms with Crippen LogP contribution in [-0.4, -0.2) is 30.1 Å². The predicted octanol–water partition coefficient (Wildman–Crippen LogP) is 3.41. The average molecular weight is 268 g/mol. The normalized spacial score (nSPS) is 24.7. The molecule has 0 radical (unpaired) electrons. The van der Waals surface area contributed by atoms with Crippen LogP contribution in [0.1, 0.15) is 25.8 Å². The van der Waals surface area contributed by atoms with Crippen molar-refractivity contribution in [3.63, 3.8) is 0 Å². The molecule has 2 aromatic rings. The summed E-state index contributed by atoms with van der Waals surface area (Å²) in [7, 11) is 0. The van der Waals surface area contributed by atoms with Gasteiger partial charge in [0.15, 0.2) is 0 Å². The number of hydrogen-bond donors (Lipinski definition) is 1. The molecule has 1 aliphatic heterocycles. The van der Waals surface area contributed by atoms with Gasteiger partial charge in [-0.1, -0.05) is 42.5 Å². The Balaban J connectivity index is 1.88. The van der Waals surface area contributed by atoms with E-state index in [0.29, 0.717) is 12.1 Å². The highest BCUT2D eigenvalue weighted by Gasteiger charge is 2.20. The second-order valence-corrected chi connectivity index (χ2v) is 6.06.